The van der Waals surface area contributed by atoms with E-state index in [0.29, 0.717) is 0 Å². The number of aromatic nitrogens is 2. The van der Waals surface area contributed by atoms with E-state index in [9.17, 15) is 0 Å². The Kier molecular flexibility index (Phi) is 4.85. The second kappa shape index (κ2) is 6.63. The van der Waals surface area contributed by atoms with Crippen molar-refractivity contribution in [2.75, 3.05) is 26.1 Å². The number of hydrogen-bond donors (Lipinski definition) is 1. The standard InChI is InChI=1S/C16H24N4O/c1-12(17-2)16-14(7-6-8-15(16)21-5)19(3)10-13-9-18-20(4)11-13/h6-9,11-12,17H,10H2,1-5H3. The van der Waals surface area contributed by atoms with Crippen molar-refractivity contribution < 1.29 is 4.74 Å². The van der Waals surface area contributed by atoms with Gasteiger partial charge in [0.25, 0.3) is 0 Å². The summed E-state index contributed by atoms with van der Waals surface area (Å²) in [6.07, 6.45) is 3.94. The number of ether oxygens (including phenoxy) is 1. The van der Waals surface area contributed by atoms with E-state index < -0.39 is 0 Å². The fourth-order valence-electron chi connectivity index (χ4n) is 2.54. The van der Waals surface area contributed by atoms with E-state index in [4.69, 9.17) is 4.74 Å². The quantitative estimate of drug-likeness (QED) is 0.886. The molecule has 1 N–H and O–H groups in total. The Hall–Kier alpha value is -2.01. The van der Waals surface area contributed by atoms with E-state index in [1.807, 2.05) is 43.3 Å². The summed E-state index contributed by atoms with van der Waals surface area (Å²) in [7, 11) is 7.70. The van der Waals surface area contributed by atoms with Gasteiger partial charge in [-0.25, -0.2) is 0 Å². The molecule has 0 saturated heterocycles. The normalized spacial score (nSPS) is 12.2. The lowest BCUT2D eigenvalue weighted by Crippen LogP contribution is -2.22. The van der Waals surface area contributed by atoms with Crippen LogP contribution in [0, 0.1) is 0 Å². The lowest BCUT2D eigenvalue weighted by Gasteiger charge is -2.26. The van der Waals surface area contributed by atoms with Crippen molar-refractivity contribution in [3.05, 3.63) is 41.7 Å². The van der Waals surface area contributed by atoms with Crippen molar-refractivity contribution in [3.63, 3.8) is 0 Å². The first-order valence-electron chi connectivity index (χ1n) is 7.09. The maximum atomic E-state index is 5.53. The first-order valence-corrected chi connectivity index (χ1v) is 7.09. The molecule has 2 aromatic rings. The van der Waals surface area contributed by atoms with Gasteiger partial charge in [0.1, 0.15) is 5.75 Å². The second-order valence-electron chi connectivity index (χ2n) is 5.28. The molecule has 0 spiro atoms. The second-order valence-corrected chi connectivity index (χ2v) is 5.28. The molecular weight excluding hydrogens is 264 g/mol. The van der Waals surface area contributed by atoms with Crippen LogP contribution in [0.3, 0.4) is 0 Å². The molecule has 114 valence electrons. The van der Waals surface area contributed by atoms with Crippen LogP contribution in [-0.4, -0.2) is 31.0 Å². The Morgan fingerprint density at radius 2 is 2.19 bits per heavy atom. The minimum absolute atomic E-state index is 0.215. The monoisotopic (exact) mass is 288 g/mol. The summed E-state index contributed by atoms with van der Waals surface area (Å²) < 4.78 is 7.36. The van der Waals surface area contributed by atoms with Crippen LogP contribution in [0.1, 0.15) is 24.1 Å². The highest BCUT2D eigenvalue weighted by atomic mass is 16.5. The van der Waals surface area contributed by atoms with Crippen LogP contribution < -0.4 is 15.0 Å². The molecule has 5 nitrogen and oxygen atoms in total. The van der Waals surface area contributed by atoms with Crippen LogP contribution in [0.5, 0.6) is 5.75 Å². The smallest absolute Gasteiger partial charge is 0.125 e. The number of hydrogen-bond acceptors (Lipinski definition) is 4. The molecule has 0 amide bonds. The summed E-state index contributed by atoms with van der Waals surface area (Å²) in [5.41, 5.74) is 3.53. The number of methoxy groups -OCH3 is 1. The number of aryl methyl sites for hydroxylation is 1. The topological polar surface area (TPSA) is 42.3 Å². The number of nitrogens with zero attached hydrogens (tertiary/aromatic N) is 3. The number of benzene rings is 1. The highest BCUT2D eigenvalue weighted by Crippen LogP contribution is 2.34. The Bertz CT molecular complexity index is 594. The molecule has 0 aliphatic carbocycles. The largest absolute Gasteiger partial charge is 0.496 e. The van der Waals surface area contributed by atoms with Crippen LogP contribution in [-0.2, 0) is 13.6 Å². The summed E-state index contributed by atoms with van der Waals surface area (Å²) in [5.74, 6) is 0.910. The molecule has 5 heteroatoms. The first-order chi connectivity index (χ1) is 10.1. The maximum Gasteiger partial charge on any atom is 0.125 e. The van der Waals surface area contributed by atoms with Crippen molar-refractivity contribution in [3.8, 4) is 5.75 Å². The van der Waals surface area contributed by atoms with Crippen molar-refractivity contribution in [2.45, 2.75) is 19.5 Å². The molecule has 0 radical (unpaired) electrons. The van der Waals surface area contributed by atoms with Gasteiger partial charge < -0.3 is 15.0 Å². The third-order valence-corrected chi connectivity index (χ3v) is 3.72. The molecule has 0 bridgehead atoms. The Labute approximate surface area is 126 Å². The SMILES string of the molecule is CNC(C)c1c(OC)cccc1N(C)Cc1cnn(C)c1. The summed E-state index contributed by atoms with van der Waals surface area (Å²) in [5, 5.41) is 7.52. The average molecular weight is 288 g/mol. The molecule has 0 fully saturated rings. The summed E-state index contributed by atoms with van der Waals surface area (Å²) in [4.78, 5) is 2.22. The zero-order valence-electron chi connectivity index (χ0n) is 13.4. The summed E-state index contributed by atoms with van der Waals surface area (Å²) in [6, 6.07) is 6.37. The highest BCUT2D eigenvalue weighted by Gasteiger charge is 2.17. The molecule has 0 saturated carbocycles. The third-order valence-electron chi connectivity index (χ3n) is 3.72. The lowest BCUT2D eigenvalue weighted by molar-refractivity contribution is 0.404. The predicted octanol–water partition coefficient (Wildman–Crippen LogP) is 2.35. The third kappa shape index (κ3) is 3.36. The average Bonchev–Trinajstić information content (AvgIpc) is 2.90. The van der Waals surface area contributed by atoms with Crippen LogP contribution in [0.2, 0.25) is 0 Å². The van der Waals surface area contributed by atoms with Crippen molar-refractivity contribution in [1.29, 1.82) is 0 Å². The van der Waals surface area contributed by atoms with E-state index in [2.05, 4.69) is 35.4 Å². The number of anilines is 1. The number of nitrogens with one attached hydrogen (secondary N) is 1. The fraction of sp³-hybridized carbons (Fsp3) is 0.438. The minimum Gasteiger partial charge on any atom is -0.496 e. The van der Waals surface area contributed by atoms with Crippen LogP contribution in [0.15, 0.2) is 30.6 Å². The van der Waals surface area contributed by atoms with Gasteiger partial charge in [-0.3, -0.25) is 4.68 Å². The van der Waals surface area contributed by atoms with E-state index in [-0.39, 0.29) is 6.04 Å². The van der Waals surface area contributed by atoms with Crippen LogP contribution in [0.25, 0.3) is 0 Å². The minimum atomic E-state index is 0.215. The van der Waals surface area contributed by atoms with Gasteiger partial charge in [0.05, 0.1) is 13.3 Å². The Balaban J connectivity index is 2.33. The molecule has 1 aromatic carbocycles. The van der Waals surface area contributed by atoms with Gasteiger partial charge >= 0.3 is 0 Å². The van der Waals surface area contributed by atoms with Crippen LogP contribution in [0.4, 0.5) is 5.69 Å². The molecule has 1 heterocycles. The molecule has 1 unspecified atom stereocenters. The zero-order chi connectivity index (χ0) is 15.4. The van der Waals surface area contributed by atoms with Gasteiger partial charge in [0.15, 0.2) is 0 Å². The van der Waals surface area contributed by atoms with E-state index in [0.717, 1.165) is 12.3 Å². The molecule has 1 aromatic heterocycles. The first kappa shape index (κ1) is 15.4. The Morgan fingerprint density at radius 3 is 2.76 bits per heavy atom. The summed E-state index contributed by atoms with van der Waals surface area (Å²) >= 11 is 0. The molecule has 0 aliphatic heterocycles. The van der Waals surface area contributed by atoms with Gasteiger partial charge in [-0.15, -0.1) is 0 Å². The Morgan fingerprint density at radius 1 is 1.43 bits per heavy atom. The zero-order valence-corrected chi connectivity index (χ0v) is 13.4. The predicted molar refractivity (Wildman–Crippen MR) is 85.8 cm³/mol. The van der Waals surface area contributed by atoms with Gasteiger partial charge in [-0.05, 0) is 26.1 Å². The van der Waals surface area contributed by atoms with Crippen LogP contribution >= 0.6 is 0 Å². The molecule has 2 rings (SSSR count). The fourth-order valence-corrected chi connectivity index (χ4v) is 2.54. The van der Waals surface area contributed by atoms with Crippen molar-refractivity contribution >= 4 is 5.69 Å². The highest BCUT2D eigenvalue weighted by molar-refractivity contribution is 5.60. The van der Waals surface area contributed by atoms with Gasteiger partial charge in [0.2, 0.25) is 0 Å². The molecular formula is C16H24N4O. The van der Waals surface area contributed by atoms with E-state index in [1.54, 1.807) is 7.11 Å². The van der Waals surface area contributed by atoms with E-state index >= 15 is 0 Å². The number of rotatable bonds is 6. The molecule has 21 heavy (non-hydrogen) atoms. The molecule has 0 aliphatic rings. The lowest BCUT2D eigenvalue weighted by atomic mass is 10.0. The maximum absolute atomic E-state index is 5.53. The van der Waals surface area contributed by atoms with E-state index in [1.165, 1.54) is 16.8 Å². The molecule has 1 atom stereocenters. The van der Waals surface area contributed by atoms with Crippen molar-refractivity contribution in [2.24, 2.45) is 7.05 Å². The van der Waals surface area contributed by atoms with Gasteiger partial charge in [-0.1, -0.05) is 6.07 Å². The van der Waals surface area contributed by atoms with Crippen molar-refractivity contribution in [1.82, 2.24) is 15.1 Å². The van der Waals surface area contributed by atoms with Gasteiger partial charge in [0, 0.05) is 49.7 Å². The summed E-state index contributed by atoms with van der Waals surface area (Å²) in [6.45, 7) is 2.95. The van der Waals surface area contributed by atoms with Gasteiger partial charge in [-0.2, -0.15) is 5.10 Å².